The van der Waals surface area contributed by atoms with Crippen LogP contribution in [-0.4, -0.2) is 8.42 Å². The number of rotatable bonds is 3. The Balaban J connectivity index is 2.34. The number of aryl methyl sites for hydroxylation is 1. The maximum Gasteiger partial charge on any atom is 0.240 e. The van der Waals surface area contributed by atoms with Gasteiger partial charge in [-0.2, -0.15) is 0 Å². The highest BCUT2D eigenvalue weighted by atomic mass is 79.9. The standard InChI is InChI=1S/C13H13BrN2O3S/c1-8-6-9(14)2-4-12(8)19-10-3-5-13(11(15)7-10)20(16,17)18/h2-7H,15H2,1H3,(H2,16,17,18). The molecule has 0 fully saturated rings. The second-order valence-electron chi connectivity index (χ2n) is 4.26. The van der Waals surface area contributed by atoms with Gasteiger partial charge in [0.2, 0.25) is 10.0 Å². The van der Waals surface area contributed by atoms with Crippen molar-refractivity contribution in [2.45, 2.75) is 11.8 Å². The topological polar surface area (TPSA) is 95.4 Å². The second kappa shape index (κ2) is 5.43. The van der Waals surface area contributed by atoms with Gasteiger partial charge in [0.05, 0.1) is 5.69 Å². The number of hydrogen-bond acceptors (Lipinski definition) is 4. The molecule has 0 unspecified atom stereocenters. The number of halogens is 1. The molecule has 0 bridgehead atoms. The van der Waals surface area contributed by atoms with Gasteiger partial charge in [-0.15, -0.1) is 0 Å². The van der Waals surface area contributed by atoms with Crippen LogP contribution in [0.15, 0.2) is 45.8 Å². The summed E-state index contributed by atoms with van der Waals surface area (Å²) in [6.45, 7) is 1.90. The Labute approximate surface area is 125 Å². The smallest absolute Gasteiger partial charge is 0.240 e. The van der Waals surface area contributed by atoms with E-state index in [9.17, 15) is 8.42 Å². The first-order valence-corrected chi connectivity index (χ1v) is 7.97. The lowest BCUT2D eigenvalue weighted by molar-refractivity contribution is 0.478. The van der Waals surface area contributed by atoms with E-state index >= 15 is 0 Å². The molecule has 2 rings (SSSR count). The SMILES string of the molecule is Cc1cc(Br)ccc1Oc1ccc(S(N)(=O)=O)c(N)c1. The van der Waals surface area contributed by atoms with Crippen molar-refractivity contribution < 1.29 is 13.2 Å². The van der Waals surface area contributed by atoms with Crippen LogP contribution in [0.5, 0.6) is 11.5 Å². The van der Waals surface area contributed by atoms with E-state index in [1.54, 1.807) is 0 Å². The van der Waals surface area contributed by atoms with Crippen LogP contribution < -0.4 is 15.6 Å². The molecule has 0 saturated carbocycles. The molecule has 0 atom stereocenters. The Kier molecular flexibility index (Phi) is 4.03. The molecule has 5 nitrogen and oxygen atoms in total. The third-order valence-electron chi connectivity index (χ3n) is 2.65. The maximum absolute atomic E-state index is 11.3. The number of nitrogen functional groups attached to an aromatic ring is 1. The molecule has 2 aromatic carbocycles. The van der Waals surface area contributed by atoms with E-state index in [0.717, 1.165) is 10.0 Å². The molecule has 0 spiro atoms. The van der Waals surface area contributed by atoms with Crippen LogP contribution in [-0.2, 0) is 10.0 Å². The van der Waals surface area contributed by atoms with Gasteiger partial charge in [-0.25, -0.2) is 13.6 Å². The van der Waals surface area contributed by atoms with Crippen LogP contribution in [0, 0.1) is 6.92 Å². The third-order valence-corrected chi connectivity index (χ3v) is 4.13. The molecule has 106 valence electrons. The molecular weight excluding hydrogens is 344 g/mol. The number of anilines is 1. The van der Waals surface area contributed by atoms with E-state index in [4.69, 9.17) is 15.6 Å². The Morgan fingerprint density at radius 3 is 2.40 bits per heavy atom. The number of nitrogens with two attached hydrogens (primary N) is 2. The molecule has 2 aromatic rings. The van der Waals surface area contributed by atoms with Gasteiger partial charge in [-0.3, -0.25) is 0 Å². The molecule has 0 aromatic heterocycles. The first-order chi connectivity index (χ1) is 9.27. The molecule has 0 aliphatic rings. The van der Waals surface area contributed by atoms with Gasteiger partial charge in [-0.1, -0.05) is 15.9 Å². The number of ether oxygens (including phenoxy) is 1. The molecule has 0 heterocycles. The summed E-state index contributed by atoms with van der Waals surface area (Å²) < 4.78 is 29.2. The lowest BCUT2D eigenvalue weighted by Gasteiger charge is -2.11. The average Bonchev–Trinajstić information content (AvgIpc) is 2.31. The van der Waals surface area contributed by atoms with Crippen molar-refractivity contribution in [3.63, 3.8) is 0 Å². The van der Waals surface area contributed by atoms with Crippen LogP contribution in [0.4, 0.5) is 5.69 Å². The maximum atomic E-state index is 11.3. The van der Waals surface area contributed by atoms with Crippen LogP contribution in [0.25, 0.3) is 0 Å². The minimum Gasteiger partial charge on any atom is -0.457 e. The van der Waals surface area contributed by atoms with E-state index in [1.165, 1.54) is 18.2 Å². The third kappa shape index (κ3) is 3.30. The van der Waals surface area contributed by atoms with E-state index in [1.807, 2.05) is 25.1 Å². The molecule has 20 heavy (non-hydrogen) atoms. The zero-order valence-corrected chi connectivity index (χ0v) is 13.0. The molecule has 0 amide bonds. The van der Waals surface area contributed by atoms with Crippen LogP contribution in [0.3, 0.4) is 0 Å². The predicted molar refractivity (Wildman–Crippen MR) is 81.2 cm³/mol. The van der Waals surface area contributed by atoms with Crippen molar-refractivity contribution >= 4 is 31.6 Å². The van der Waals surface area contributed by atoms with Crippen LogP contribution in [0.1, 0.15) is 5.56 Å². The summed E-state index contributed by atoms with van der Waals surface area (Å²) in [6, 6.07) is 9.85. The summed E-state index contributed by atoms with van der Waals surface area (Å²) >= 11 is 3.37. The highest BCUT2D eigenvalue weighted by molar-refractivity contribution is 9.10. The molecule has 0 saturated heterocycles. The number of primary sulfonamides is 1. The molecule has 0 aliphatic carbocycles. The van der Waals surface area contributed by atoms with E-state index in [0.29, 0.717) is 11.5 Å². The monoisotopic (exact) mass is 356 g/mol. The van der Waals surface area contributed by atoms with Crippen molar-refractivity contribution in [1.82, 2.24) is 0 Å². The van der Waals surface area contributed by atoms with Gasteiger partial charge >= 0.3 is 0 Å². The Morgan fingerprint density at radius 1 is 1.15 bits per heavy atom. The largest absolute Gasteiger partial charge is 0.457 e. The van der Waals surface area contributed by atoms with Gasteiger partial charge in [0.1, 0.15) is 16.4 Å². The zero-order valence-electron chi connectivity index (χ0n) is 10.6. The fraction of sp³-hybridized carbons (Fsp3) is 0.0769. The fourth-order valence-electron chi connectivity index (χ4n) is 1.70. The average molecular weight is 357 g/mol. The van der Waals surface area contributed by atoms with Crippen molar-refractivity contribution in [2.24, 2.45) is 5.14 Å². The van der Waals surface area contributed by atoms with Gasteiger partial charge in [0, 0.05) is 10.5 Å². The summed E-state index contributed by atoms with van der Waals surface area (Å²) in [4.78, 5) is -0.114. The fourth-order valence-corrected chi connectivity index (χ4v) is 2.82. The summed E-state index contributed by atoms with van der Waals surface area (Å²) in [5, 5.41) is 5.05. The minimum absolute atomic E-state index is 0.0553. The first-order valence-electron chi connectivity index (χ1n) is 5.64. The minimum atomic E-state index is -3.82. The first kappa shape index (κ1) is 14.8. The van der Waals surface area contributed by atoms with Crippen molar-refractivity contribution in [3.05, 3.63) is 46.4 Å². The lowest BCUT2D eigenvalue weighted by atomic mass is 10.2. The Bertz CT molecular complexity index is 760. The molecule has 7 heteroatoms. The number of benzene rings is 2. The van der Waals surface area contributed by atoms with Gasteiger partial charge in [-0.05, 0) is 42.8 Å². The number of sulfonamides is 1. The summed E-state index contributed by atoms with van der Waals surface area (Å²) in [7, 11) is -3.82. The van der Waals surface area contributed by atoms with Crippen molar-refractivity contribution in [1.29, 1.82) is 0 Å². The zero-order chi connectivity index (χ0) is 14.9. The summed E-state index contributed by atoms with van der Waals surface area (Å²) in [6.07, 6.45) is 0. The van der Waals surface area contributed by atoms with E-state index in [2.05, 4.69) is 15.9 Å². The lowest BCUT2D eigenvalue weighted by Crippen LogP contribution is -2.14. The molecule has 0 aliphatic heterocycles. The van der Waals surface area contributed by atoms with E-state index in [-0.39, 0.29) is 10.6 Å². The van der Waals surface area contributed by atoms with Crippen LogP contribution in [0.2, 0.25) is 0 Å². The molecule has 4 N–H and O–H groups in total. The summed E-state index contributed by atoms with van der Waals surface area (Å²) in [5.41, 5.74) is 6.67. The van der Waals surface area contributed by atoms with E-state index < -0.39 is 10.0 Å². The van der Waals surface area contributed by atoms with Crippen molar-refractivity contribution in [3.8, 4) is 11.5 Å². The normalized spacial score (nSPS) is 11.3. The summed E-state index contributed by atoms with van der Waals surface area (Å²) in [5.74, 6) is 1.11. The van der Waals surface area contributed by atoms with Crippen molar-refractivity contribution in [2.75, 3.05) is 5.73 Å². The van der Waals surface area contributed by atoms with Gasteiger partial charge in [0.15, 0.2) is 0 Å². The Hall–Kier alpha value is -1.57. The predicted octanol–water partition coefficient (Wildman–Crippen LogP) is 2.78. The molecule has 0 radical (unpaired) electrons. The van der Waals surface area contributed by atoms with Crippen LogP contribution >= 0.6 is 15.9 Å². The highest BCUT2D eigenvalue weighted by Gasteiger charge is 2.13. The Morgan fingerprint density at radius 2 is 1.85 bits per heavy atom. The number of hydrogen-bond donors (Lipinski definition) is 2. The second-order valence-corrected chi connectivity index (χ2v) is 6.70. The quantitative estimate of drug-likeness (QED) is 0.826. The molecular formula is C13H13BrN2O3S. The highest BCUT2D eigenvalue weighted by Crippen LogP contribution is 2.30. The van der Waals surface area contributed by atoms with Gasteiger partial charge < -0.3 is 10.5 Å². The van der Waals surface area contributed by atoms with Gasteiger partial charge in [0.25, 0.3) is 0 Å².